The van der Waals surface area contributed by atoms with Crippen molar-refractivity contribution in [2.45, 2.75) is 6.61 Å². The quantitative estimate of drug-likeness (QED) is 0.477. The van der Waals surface area contributed by atoms with E-state index in [-0.39, 0.29) is 5.91 Å². The van der Waals surface area contributed by atoms with E-state index < -0.39 is 0 Å². The first kappa shape index (κ1) is 17.9. The van der Waals surface area contributed by atoms with Crippen LogP contribution in [0.25, 0.3) is 16.3 Å². The third kappa shape index (κ3) is 4.61. The van der Waals surface area contributed by atoms with Gasteiger partial charge in [0.05, 0.1) is 10.2 Å². The van der Waals surface area contributed by atoms with Gasteiger partial charge < -0.3 is 10.1 Å². The minimum absolute atomic E-state index is 0.219. The van der Waals surface area contributed by atoms with Gasteiger partial charge >= 0.3 is 0 Å². The number of carbonyl (C=O) groups is 1. The molecule has 0 spiro atoms. The smallest absolute Gasteiger partial charge is 0.248 e. The fourth-order valence-electron chi connectivity index (χ4n) is 2.61. The van der Waals surface area contributed by atoms with Gasteiger partial charge in [-0.2, -0.15) is 0 Å². The monoisotopic (exact) mass is 387 g/mol. The molecule has 1 amide bonds. The van der Waals surface area contributed by atoms with Gasteiger partial charge in [0.15, 0.2) is 0 Å². The zero-order chi connectivity index (χ0) is 19.2. The lowest BCUT2D eigenvalue weighted by Crippen LogP contribution is -2.07. The first-order valence-electron chi connectivity index (χ1n) is 8.73. The van der Waals surface area contributed by atoms with E-state index in [1.54, 1.807) is 35.9 Å². The van der Waals surface area contributed by atoms with Crippen LogP contribution in [-0.4, -0.2) is 15.9 Å². The number of hydrogen-bond acceptors (Lipinski definition) is 5. The van der Waals surface area contributed by atoms with Gasteiger partial charge in [0.1, 0.15) is 17.4 Å². The number of fused-ring (bicyclic) bond motifs is 1. The van der Waals surface area contributed by atoms with Gasteiger partial charge in [-0.1, -0.05) is 24.3 Å². The molecule has 0 fully saturated rings. The molecular weight excluding hydrogens is 370 g/mol. The number of aromatic nitrogens is 2. The molecule has 0 aliphatic rings. The summed E-state index contributed by atoms with van der Waals surface area (Å²) in [5, 5.41) is 3.64. The number of anilines is 1. The number of benzene rings is 2. The molecule has 5 nitrogen and oxygen atoms in total. The molecule has 0 unspecified atom stereocenters. The molecule has 0 atom stereocenters. The Morgan fingerprint density at radius 1 is 1.11 bits per heavy atom. The van der Waals surface area contributed by atoms with Crippen LogP contribution in [0, 0.1) is 0 Å². The second-order valence-electron chi connectivity index (χ2n) is 6.02. The number of nitrogens with one attached hydrogen (secondary N) is 1. The predicted octanol–water partition coefficient (Wildman–Crippen LogP) is 4.92. The van der Waals surface area contributed by atoms with Crippen LogP contribution in [-0.2, 0) is 11.4 Å². The molecule has 2 aromatic heterocycles. The number of para-hydroxylation sites is 1. The standard InChI is InChI=1S/C22H17N3O2S/c26-21(10-11-22-25-19-8-1-2-9-20(19)28-22)24-17-6-3-7-18(13-17)27-15-16-5-4-12-23-14-16/h1-14H,15H2,(H,24,26)/b11-10+. The fourth-order valence-corrected chi connectivity index (χ4v) is 3.48. The van der Waals surface area contributed by atoms with Gasteiger partial charge in [-0.25, -0.2) is 4.98 Å². The number of nitrogens with zero attached hydrogens (tertiary/aromatic N) is 2. The summed E-state index contributed by atoms with van der Waals surface area (Å²) in [6.45, 7) is 0.419. The molecule has 4 aromatic rings. The van der Waals surface area contributed by atoms with Gasteiger partial charge in [-0.15, -0.1) is 11.3 Å². The van der Waals surface area contributed by atoms with Crippen LogP contribution in [0.15, 0.2) is 79.1 Å². The van der Waals surface area contributed by atoms with E-state index in [1.165, 1.54) is 6.08 Å². The summed E-state index contributed by atoms with van der Waals surface area (Å²) < 4.78 is 6.86. The Morgan fingerprint density at radius 2 is 2.04 bits per heavy atom. The van der Waals surface area contributed by atoms with Crippen LogP contribution in [0.1, 0.15) is 10.6 Å². The van der Waals surface area contributed by atoms with Crippen molar-refractivity contribution in [2.75, 3.05) is 5.32 Å². The van der Waals surface area contributed by atoms with Crippen molar-refractivity contribution in [1.29, 1.82) is 0 Å². The molecule has 28 heavy (non-hydrogen) atoms. The lowest BCUT2D eigenvalue weighted by molar-refractivity contribution is -0.111. The summed E-state index contributed by atoms with van der Waals surface area (Å²) >= 11 is 1.55. The van der Waals surface area contributed by atoms with Crippen LogP contribution in [0.2, 0.25) is 0 Å². The largest absolute Gasteiger partial charge is 0.489 e. The van der Waals surface area contributed by atoms with Crippen LogP contribution >= 0.6 is 11.3 Å². The fraction of sp³-hybridized carbons (Fsp3) is 0.0455. The minimum Gasteiger partial charge on any atom is -0.489 e. The van der Waals surface area contributed by atoms with Gasteiger partial charge in [0.25, 0.3) is 0 Å². The Hall–Kier alpha value is -3.51. The first-order valence-corrected chi connectivity index (χ1v) is 9.54. The van der Waals surface area contributed by atoms with E-state index in [1.807, 2.05) is 54.6 Å². The zero-order valence-electron chi connectivity index (χ0n) is 14.9. The highest BCUT2D eigenvalue weighted by Gasteiger charge is 2.03. The Bertz CT molecular complexity index is 1090. The summed E-state index contributed by atoms with van der Waals surface area (Å²) in [7, 11) is 0. The summed E-state index contributed by atoms with van der Waals surface area (Å²) in [6, 6.07) is 19.0. The Labute approximate surface area is 166 Å². The third-order valence-electron chi connectivity index (χ3n) is 3.92. The number of pyridine rings is 1. The normalized spacial score (nSPS) is 11.0. The highest BCUT2D eigenvalue weighted by Crippen LogP contribution is 2.22. The molecular formula is C22H17N3O2S. The van der Waals surface area contributed by atoms with E-state index in [4.69, 9.17) is 4.74 Å². The van der Waals surface area contributed by atoms with E-state index in [0.717, 1.165) is 20.8 Å². The van der Waals surface area contributed by atoms with Gasteiger partial charge in [-0.3, -0.25) is 9.78 Å². The topological polar surface area (TPSA) is 64.1 Å². The summed E-state index contributed by atoms with van der Waals surface area (Å²) in [6.07, 6.45) is 6.70. The molecule has 0 saturated heterocycles. The van der Waals surface area contributed by atoms with Gasteiger partial charge in [-0.05, 0) is 36.4 Å². The molecule has 2 heterocycles. The molecule has 138 valence electrons. The van der Waals surface area contributed by atoms with Crippen molar-refractivity contribution in [3.05, 3.63) is 89.7 Å². The van der Waals surface area contributed by atoms with E-state index in [0.29, 0.717) is 18.0 Å². The molecule has 2 aromatic carbocycles. The number of amides is 1. The number of hydrogen-bond donors (Lipinski definition) is 1. The maximum atomic E-state index is 12.2. The minimum atomic E-state index is -0.219. The second kappa shape index (κ2) is 8.45. The van der Waals surface area contributed by atoms with Crippen molar-refractivity contribution < 1.29 is 9.53 Å². The first-order chi connectivity index (χ1) is 13.8. The molecule has 4 rings (SSSR count). The number of carbonyl (C=O) groups excluding carboxylic acids is 1. The molecule has 0 aliphatic heterocycles. The molecule has 0 saturated carbocycles. The third-order valence-corrected chi connectivity index (χ3v) is 4.92. The SMILES string of the molecule is O=C(/C=C/c1nc2ccccc2s1)Nc1cccc(OCc2cccnc2)c1. The summed E-state index contributed by atoms with van der Waals surface area (Å²) in [5.74, 6) is 0.459. The molecule has 0 radical (unpaired) electrons. The predicted molar refractivity (Wildman–Crippen MR) is 112 cm³/mol. The Kier molecular flexibility index (Phi) is 5.40. The zero-order valence-corrected chi connectivity index (χ0v) is 15.7. The van der Waals surface area contributed by atoms with Crippen LogP contribution in [0.5, 0.6) is 5.75 Å². The Balaban J connectivity index is 1.37. The summed E-state index contributed by atoms with van der Waals surface area (Å²) in [5.41, 5.74) is 2.59. The van der Waals surface area contributed by atoms with Crippen LogP contribution in [0.4, 0.5) is 5.69 Å². The molecule has 6 heteroatoms. The van der Waals surface area contributed by atoms with Gasteiger partial charge in [0, 0.05) is 35.8 Å². The number of thiazole rings is 1. The number of ether oxygens (including phenoxy) is 1. The van der Waals surface area contributed by atoms with E-state index in [2.05, 4.69) is 15.3 Å². The lowest BCUT2D eigenvalue weighted by atomic mass is 10.3. The molecule has 0 bridgehead atoms. The number of rotatable bonds is 6. The van der Waals surface area contributed by atoms with Crippen molar-refractivity contribution in [3.8, 4) is 5.75 Å². The van der Waals surface area contributed by atoms with E-state index >= 15 is 0 Å². The van der Waals surface area contributed by atoms with Crippen molar-refractivity contribution in [2.24, 2.45) is 0 Å². The van der Waals surface area contributed by atoms with Crippen molar-refractivity contribution in [3.63, 3.8) is 0 Å². The van der Waals surface area contributed by atoms with Crippen LogP contribution in [0.3, 0.4) is 0 Å². The molecule has 1 N–H and O–H groups in total. The van der Waals surface area contributed by atoms with E-state index in [9.17, 15) is 4.79 Å². The maximum Gasteiger partial charge on any atom is 0.248 e. The average Bonchev–Trinajstić information content (AvgIpc) is 3.15. The van der Waals surface area contributed by atoms with Crippen molar-refractivity contribution in [1.82, 2.24) is 9.97 Å². The van der Waals surface area contributed by atoms with Crippen LogP contribution < -0.4 is 10.1 Å². The summed E-state index contributed by atoms with van der Waals surface area (Å²) in [4.78, 5) is 20.8. The maximum absolute atomic E-state index is 12.2. The van der Waals surface area contributed by atoms with Crippen molar-refractivity contribution >= 4 is 39.2 Å². The second-order valence-corrected chi connectivity index (χ2v) is 7.08. The lowest BCUT2D eigenvalue weighted by Gasteiger charge is -2.08. The van der Waals surface area contributed by atoms with Gasteiger partial charge in [0.2, 0.25) is 5.91 Å². The average molecular weight is 387 g/mol. The Morgan fingerprint density at radius 3 is 2.89 bits per heavy atom. The highest BCUT2D eigenvalue weighted by atomic mass is 32.1. The molecule has 0 aliphatic carbocycles. The highest BCUT2D eigenvalue weighted by molar-refractivity contribution is 7.19.